The van der Waals surface area contributed by atoms with Gasteiger partial charge in [0.2, 0.25) is 5.91 Å². The number of rotatable bonds is 5. The van der Waals surface area contributed by atoms with Gasteiger partial charge in [-0.1, -0.05) is 0 Å². The fourth-order valence-electron chi connectivity index (χ4n) is 0.861. The SMILES string of the molecule is C#CCC(N)C(=O)NC(C)COC. The van der Waals surface area contributed by atoms with Crippen LogP contribution >= 0.6 is 0 Å². The molecular formula is C9H16N2O2. The number of carbonyl (C=O) groups is 1. The monoisotopic (exact) mass is 184 g/mol. The third-order valence-electron chi connectivity index (χ3n) is 1.48. The average Bonchev–Trinajstić information content (AvgIpc) is 2.05. The Morgan fingerprint density at radius 1 is 1.77 bits per heavy atom. The lowest BCUT2D eigenvalue weighted by Gasteiger charge is -2.15. The number of amides is 1. The molecule has 74 valence electrons. The third kappa shape index (κ3) is 5.23. The number of hydrogen-bond donors (Lipinski definition) is 2. The van der Waals surface area contributed by atoms with Crippen LogP contribution in [0.5, 0.6) is 0 Å². The topological polar surface area (TPSA) is 64.4 Å². The molecule has 0 spiro atoms. The van der Waals surface area contributed by atoms with Crippen LogP contribution < -0.4 is 11.1 Å². The number of nitrogens with one attached hydrogen (secondary N) is 1. The second-order valence-corrected chi connectivity index (χ2v) is 2.88. The smallest absolute Gasteiger partial charge is 0.238 e. The highest BCUT2D eigenvalue weighted by Gasteiger charge is 2.13. The fourth-order valence-corrected chi connectivity index (χ4v) is 0.861. The molecule has 0 fully saturated rings. The lowest BCUT2D eigenvalue weighted by atomic mass is 10.2. The summed E-state index contributed by atoms with van der Waals surface area (Å²) in [6.45, 7) is 2.30. The highest BCUT2D eigenvalue weighted by Crippen LogP contribution is 1.89. The van der Waals surface area contributed by atoms with Crippen LogP contribution in [0.1, 0.15) is 13.3 Å². The van der Waals surface area contributed by atoms with Gasteiger partial charge in [0.1, 0.15) is 0 Å². The molecule has 13 heavy (non-hydrogen) atoms. The van der Waals surface area contributed by atoms with E-state index in [9.17, 15) is 4.79 Å². The van der Waals surface area contributed by atoms with Crippen molar-refractivity contribution in [2.45, 2.75) is 25.4 Å². The van der Waals surface area contributed by atoms with E-state index in [1.165, 1.54) is 0 Å². The van der Waals surface area contributed by atoms with Crippen LogP contribution in [0.15, 0.2) is 0 Å². The van der Waals surface area contributed by atoms with E-state index >= 15 is 0 Å². The van der Waals surface area contributed by atoms with Gasteiger partial charge < -0.3 is 15.8 Å². The largest absolute Gasteiger partial charge is 0.383 e. The van der Waals surface area contributed by atoms with E-state index in [4.69, 9.17) is 16.9 Å². The number of hydrogen-bond acceptors (Lipinski definition) is 3. The highest BCUT2D eigenvalue weighted by molar-refractivity contribution is 5.82. The summed E-state index contributed by atoms with van der Waals surface area (Å²) in [6, 6.07) is -0.661. The maximum Gasteiger partial charge on any atom is 0.238 e. The number of ether oxygens (including phenoxy) is 1. The summed E-state index contributed by atoms with van der Waals surface area (Å²) < 4.78 is 4.85. The summed E-state index contributed by atoms with van der Waals surface area (Å²) in [5.74, 6) is 2.10. The first-order valence-electron chi connectivity index (χ1n) is 4.10. The minimum atomic E-state index is -0.621. The lowest BCUT2D eigenvalue weighted by molar-refractivity contribution is -0.123. The second-order valence-electron chi connectivity index (χ2n) is 2.88. The Kier molecular flexibility index (Phi) is 5.94. The van der Waals surface area contributed by atoms with Gasteiger partial charge in [0, 0.05) is 19.6 Å². The molecule has 0 aliphatic carbocycles. The Morgan fingerprint density at radius 2 is 2.38 bits per heavy atom. The molecule has 0 aromatic rings. The molecule has 0 heterocycles. The van der Waals surface area contributed by atoms with Gasteiger partial charge >= 0.3 is 0 Å². The second kappa shape index (κ2) is 6.46. The zero-order chi connectivity index (χ0) is 10.3. The van der Waals surface area contributed by atoms with E-state index in [-0.39, 0.29) is 18.4 Å². The first-order chi connectivity index (χ1) is 6.11. The average molecular weight is 184 g/mol. The third-order valence-corrected chi connectivity index (χ3v) is 1.48. The highest BCUT2D eigenvalue weighted by atomic mass is 16.5. The van der Waals surface area contributed by atoms with Gasteiger partial charge in [-0.2, -0.15) is 0 Å². The van der Waals surface area contributed by atoms with Gasteiger partial charge in [0.25, 0.3) is 0 Å². The van der Waals surface area contributed by atoms with Gasteiger partial charge in [0.15, 0.2) is 0 Å². The molecule has 0 aliphatic rings. The Labute approximate surface area is 78.8 Å². The molecule has 0 saturated heterocycles. The first-order valence-corrected chi connectivity index (χ1v) is 4.10. The van der Waals surface area contributed by atoms with Crippen molar-refractivity contribution in [3.8, 4) is 12.3 Å². The minimum absolute atomic E-state index is 0.0404. The fraction of sp³-hybridized carbons (Fsp3) is 0.667. The maximum absolute atomic E-state index is 11.2. The molecule has 0 aromatic carbocycles. The standard InChI is InChI=1S/C9H16N2O2/c1-4-5-8(10)9(12)11-7(2)6-13-3/h1,7-8H,5-6,10H2,2-3H3,(H,11,12). The van der Waals surface area contributed by atoms with Crippen LogP contribution in [0.4, 0.5) is 0 Å². The van der Waals surface area contributed by atoms with Crippen molar-refractivity contribution in [3.63, 3.8) is 0 Å². The Morgan fingerprint density at radius 3 is 2.85 bits per heavy atom. The molecule has 0 radical (unpaired) electrons. The van der Waals surface area contributed by atoms with Gasteiger partial charge in [-0.15, -0.1) is 12.3 Å². The molecular weight excluding hydrogens is 168 g/mol. The molecule has 2 atom stereocenters. The van der Waals surface area contributed by atoms with E-state index in [2.05, 4.69) is 11.2 Å². The molecule has 4 nitrogen and oxygen atoms in total. The van der Waals surface area contributed by atoms with Crippen molar-refractivity contribution in [2.75, 3.05) is 13.7 Å². The summed E-state index contributed by atoms with van der Waals surface area (Å²) in [4.78, 5) is 11.2. The van der Waals surface area contributed by atoms with Crippen molar-refractivity contribution >= 4 is 5.91 Å². The molecule has 0 rings (SSSR count). The quantitative estimate of drug-likeness (QED) is 0.565. The van der Waals surface area contributed by atoms with Crippen LogP contribution in [0.25, 0.3) is 0 Å². The van der Waals surface area contributed by atoms with Gasteiger partial charge in [-0.3, -0.25) is 4.79 Å². The van der Waals surface area contributed by atoms with Crippen molar-refractivity contribution in [1.82, 2.24) is 5.32 Å². The van der Waals surface area contributed by atoms with E-state index in [1.807, 2.05) is 6.92 Å². The van der Waals surface area contributed by atoms with E-state index < -0.39 is 6.04 Å². The van der Waals surface area contributed by atoms with E-state index in [0.29, 0.717) is 6.61 Å². The summed E-state index contributed by atoms with van der Waals surface area (Å²) in [5, 5.41) is 2.68. The predicted octanol–water partition coefficient (Wildman–Crippen LogP) is -0.512. The van der Waals surface area contributed by atoms with Crippen LogP contribution in [0.3, 0.4) is 0 Å². The first kappa shape index (κ1) is 11.9. The molecule has 2 unspecified atom stereocenters. The molecule has 1 amide bonds. The number of nitrogens with two attached hydrogens (primary N) is 1. The number of methoxy groups -OCH3 is 1. The zero-order valence-electron chi connectivity index (χ0n) is 8.04. The normalized spacial score (nSPS) is 14.3. The minimum Gasteiger partial charge on any atom is -0.383 e. The molecule has 0 aliphatic heterocycles. The number of carbonyl (C=O) groups excluding carboxylic acids is 1. The number of terminal acetylenes is 1. The zero-order valence-corrected chi connectivity index (χ0v) is 8.04. The Balaban J connectivity index is 3.79. The van der Waals surface area contributed by atoms with Crippen LogP contribution in [0.2, 0.25) is 0 Å². The van der Waals surface area contributed by atoms with Crippen molar-refractivity contribution in [3.05, 3.63) is 0 Å². The molecule has 4 heteroatoms. The summed E-state index contributed by atoms with van der Waals surface area (Å²) >= 11 is 0. The van der Waals surface area contributed by atoms with Crippen molar-refractivity contribution in [2.24, 2.45) is 5.73 Å². The van der Waals surface area contributed by atoms with Gasteiger partial charge in [-0.25, -0.2) is 0 Å². The summed E-state index contributed by atoms with van der Waals surface area (Å²) in [7, 11) is 1.57. The maximum atomic E-state index is 11.2. The van der Waals surface area contributed by atoms with E-state index in [0.717, 1.165) is 0 Å². The van der Waals surface area contributed by atoms with Crippen LogP contribution in [-0.4, -0.2) is 31.7 Å². The summed E-state index contributed by atoms with van der Waals surface area (Å²) in [6.07, 6.45) is 5.28. The van der Waals surface area contributed by atoms with Crippen LogP contribution in [0, 0.1) is 12.3 Å². The van der Waals surface area contributed by atoms with Gasteiger partial charge in [-0.05, 0) is 6.92 Å². The molecule has 0 bridgehead atoms. The Bertz CT molecular complexity index is 198. The van der Waals surface area contributed by atoms with Crippen molar-refractivity contribution in [1.29, 1.82) is 0 Å². The summed E-state index contributed by atoms with van der Waals surface area (Å²) in [5.41, 5.74) is 5.48. The molecule has 3 N–H and O–H groups in total. The van der Waals surface area contributed by atoms with Crippen LogP contribution in [-0.2, 0) is 9.53 Å². The lowest BCUT2D eigenvalue weighted by Crippen LogP contribution is -2.45. The molecule has 0 aromatic heterocycles. The van der Waals surface area contributed by atoms with E-state index in [1.54, 1.807) is 7.11 Å². The molecule has 0 saturated carbocycles. The van der Waals surface area contributed by atoms with Crippen molar-refractivity contribution < 1.29 is 9.53 Å². The predicted molar refractivity (Wildman–Crippen MR) is 50.9 cm³/mol. The van der Waals surface area contributed by atoms with Gasteiger partial charge in [0.05, 0.1) is 12.6 Å². The Hall–Kier alpha value is -1.05.